The highest BCUT2D eigenvalue weighted by Gasteiger charge is 2.23. The van der Waals surface area contributed by atoms with Crippen LogP contribution >= 0.6 is 0 Å². The second kappa shape index (κ2) is 6.08. The molecule has 5 heteroatoms. The number of aryl methyl sites for hydroxylation is 1. The number of rotatable bonds is 3. The Bertz CT molecular complexity index is 613. The number of hydrogen-bond acceptors (Lipinski definition) is 5. The maximum Gasteiger partial charge on any atom is 0.132 e. The maximum absolute atomic E-state index is 4.69. The van der Waals surface area contributed by atoms with E-state index in [2.05, 4.69) is 32.3 Å². The zero-order valence-corrected chi connectivity index (χ0v) is 12.6. The first-order chi connectivity index (χ1) is 10.3. The van der Waals surface area contributed by atoms with Crippen molar-refractivity contribution in [3.8, 4) is 0 Å². The minimum atomic E-state index is 0.460. The van der Waals surface area contributed by atoms with Crippen LogP contribution in [0.4, 0.5) is 11.6 Å². The van der Waals surface area contributed by atoms with Crippen LogP contribution in [0.5, 0.6) is 0 Å². The molecule has 0 amide bonds. The van der Waals surface area contributed by atoms with Gasteiger partial charge >= 0.3 is 0 Å². The van der Waals surface area contributed by atoms with Gasteiger partial charge in [-0.15, -0.1) is 0 Å². The van der Waals surface area contributed by atoms with Gasteiger partial charge < -0.3 is 10.2 Å². The molecule has 0 unspecified atom stereocenters. The number of nitrogens with zero attached hydrogens (tertiary/aromatic N) is 4. The second-order valence-electron chi connectivity index (χ2n) is 5.44. The van der Waals surface area contributed by atoms with E-state index in [1.54, 1.807) is 0 Å². The first kappa shape index (κ1) is 13.8. The van der Waals surface area contributed by atoms with E-state index in [1.807, 2.05) is 32.3 Å². The van der Waals surface area contributed by atoms with Gasteiger partial charge in [0.15, 0.2) is 0 Å². The number of aromatic nitrogens is 3. The Hall–Kier alpha value is -2.17. The smallest absolute Gasteiger partial charge is 0.132 e. The number of pyridine rings is 1. The standard InChI is InChI=1S/C16H21N5/c1-12-18-9-8-16(19-12)21-10-4-5-13(11-21)14-6-3-7-15(17-2)20-14/h3,6-9,13H,4-5,10-11H2,1-2H3,(H,17,20)/t13-/m1/s1. The predicted octanol–water partition coefficient (Wildman–Crippen LogP) is 2.61. The van der Waals surface area contributed by atoms with E-state index in [9.17, 15) is 0 Å². The van der Waals surface area contributed by atoms with Crippen molar-refractivity contribution < 1.29 is 0 Å². The van der Waals surface area contributed by atoms with Crippen LogP contribution in [-0.2, 0) is 0 Å². The van der Waals surface area contributed by atoms with Crippen molar-refractivity contribution in [2.45, 2.75) is 25.7 Å². The second-order valence-corrected chi connectivity index (χ2v) is 5.44. The van der Waals surface area contributed by atoms with Crippen molar-refractivity contribution >= 4 is 11.6 Å². The maximum atomic E-state index is 4.69. The van der Waals surface area contributed by atoms with Crippen molar-refractivity contribution in [1.29, 1.82) is 0 Å². The number of piperidine rings is 1. The van der Waals surface area contributed by atoms with E-state index in [0.29, 0.717) is 5.92 Å². The van der Waals surface area contributed by atoms with E-state index in [0.717, 1.165) is 36.2 Å². The summed E-state index contributed by atoms with van der Waals surface area (Å²) in [5.41, 5.74) is 1.16. The molecule has 1 aliphatic rings. The van der Waals surface area contributed by atoms with Crippen LogP contribution in [-0.4, -0.2) is 35.1 Å². The summed E-state index contributed by atoms with van der Waals surface area (Å²) >= 11 is 0. The lowest BCUT2D eigenvalue weighted by atomic mass is 9.94. The van der Waals surface area contributed by atoms with Crippen molar-refractivity contribution in [3.05, 3.63) is 42.0 Å². The van der Waals surface area contributed by atoms with Crippen LogP contribution in [0.3, 0.4) is 0 Å². The molecule has 2 aromatic heterocycles. The van der Waals surface area contributed by atoms with E-state index < -0.39 is 0 Å². The summed E-state index contributed by atoms with van der Waals surface area (Å²) < 4.78 is 0. The van der Waals surface area contributed by atoms with E-state index in [1.165, 1.54) is 12.8 Å². The highest BCUT2D eigenvalue weighted by atomic mass is 15.2. The topological polar surface area (TPSA) is 53.9 Å². The van der Waals surface area contributed by atoms with E-state index in [4.69, 9.17) is 4.98 Å². The molecule has 0 aromatic carbocycles. The molecule has 1 atom stereocenters. The third kappa shape index (κ3) is 3.12. The van der Waals surface area contributed by atoms with Gasteiger partial charge in [0.25, 0.3) is 0 Å². The highest BCUT2D eigenvalue weighted by molar-refractivity contribution is 5.40. The lowest BCUT2D eigenvalue weighted by molar-refractivity contribution is 0.498. The molecule has 1 fully saturated rings. The minimum Gasteiger partial charge on any atom is -0.373 e. The largest absolute Gasteiger partial charge is 0.373 e. The first-order valence-electron chi connectivity index (χ1n) is 7.45. The molecular weight excluding hydrogens is 262 g/mol. The van der Waals surface area contributed by atoms with Gasteiger partial charge in [-0.2, -0.15) is 0 Å². The molecule has 110 valence electrons. The van der Waals surface area contributed by atoms with Crippen molar-refractivity contribution in [1.82, 2.24) is 15.0 Å². The average molecular weight is 283 g/mol. The minimum absolute atomic E-state index is 0.460. The molecule has 21 heavy (non-hydrogen) atoms. The molecule has 0 aliphatic carbocycles. The van der Waals surface area contributed by atoms with Crippen molar-refractivity contribution in [3.63, 3.8) is 0 Å². The fraction of sp³-hybridized carbons (Fsp3) is 0.438. The van der Waals surface area contributed by atoms with E-state index in [-0.39, 0.29) is 0 Å². The van der Waals surface area contributed by atoms with Gasteiger partial charge in [-0.05, 0) is 38.0 Å². The van der Waals surface area contributed by atoms with Crippen LogP contribution in [0.25, 0.3) is 0 Å². The summed E-state index contributed by atoms with van der Waals surface area (Å²) in [4.78, 5) is 15.8. The Labute approximate surface area is 125 Å². The zero-order valence-electron chi connectivity index (χ0n) is 12.6. The van der Waals surface area contributed by atoms with Crippen LogP contribution in [0.2, 0.25) is 0 Å². The lowest BCUT2D eigenvalue weighted by Gasteiger charge is -2.33. The third-order valence-corrected chi connectivity index (χ3v) is 3.95. The molecule has 2 aromatic rings. The molecular formula is C16H21N5. The normalized spacial score (nSPS) is 18.6. The van der Waals surface area contributed by atoms with Gasteiger partial charge in [-0.1, -0.05) is 6.07 Å². The molecule has 3 heterocycles. The molecule has 3 rings (SSSR count). The first-order valence-corrected chi connectivity index (χ1v) is 7.45. The van der Waals surface area contributed by atoms with Gasteiger partial charge in [0.1, 0.15) is 17.5 Å². The molecule has 5 nitrogen and oxygen atoms in total. The van der Waals surface area contributed by atoms with Gasteiger partial charge in [-0.25, -0.2) is 15.0 Å². The molecule has 1 aliphatic heterocycles. The van der Waals surface area contributed by atoms with Crippen molar-refractivity contribution in [2.24, 2.45) is 0 Å². The summed E-state index contributed by atoms with van der Waals surface area (Å²) in [6.07, 6.45) is 4.18. The van der Waals surface area contributed by atoms with Crippen LogP contribution < -0.4 is 10.2 Å². The fourth-order valence-electron chi connectivity index (χ4n) is 2.86. The lowest BCUT2D eigenvalue weighted by Crippen LogP contribution is -2.35. The summed E-state index contributed by atoms with van der Waals surface area (Å²) in [5.74, 6) is 3.24. The third-order valence-electron chi connectivity index (χ3n) is 3.95. The summed E-state index contributed by atoms with van der Waals surface area (Å²) in [6, 6.07) is 8.19. The Morgan fingerprint density at radius 1 is 1.24 bits per heavy atom. The highest BCUT2D eigenvalue weighted by Crippen LogP contribution is 2.28. The predicted molar refractivity (Wildman–Crippen MR) is 84.7 cm³/mol. The number of hydrogen-bond donors (Lipinski definition) is 1. The molecule has 0 bridgehead atoms. The van der Waals surface area contributed by atoms with Crippen LogP contribution in [0.15, 0.2) is 30.5 Å². The van der Waals surface area contributed by atoms with Crippen LogP contribution in [0.1, 0.15) is 30.3 Å². The Balaban J connectivity index is 1.79. The molecule has 0 spiro atoms. The van der Waals surface area contributed by atoms with Crippen LogP contribution in [0, 0.1) is 6.92 Å². The van der Waals surface area contributed by atoms with Gasteiger partial charge in [0, 0.05) is 37.9 Å². The number of anilines is 2. The zero-order chi connectivity index (χ0) is 14.7. The van der Waals surface area contributed by atoms with E-state index >= 15 is 0 Å². The van der Waals surface area contributed by atoms with Gasteiger partial charge in [0.2, 0.25) is 0 Å². The molecule has 0 radical (unpaired) electrons. The average Bonchev–Trinajstić information content (AvgIpc) is 2.55. The number of nitrogens with one attached hydrogen (secondary N) is 1. The van der Waals surface area contributed by atoms with Gasteiger partial charge in [-0.3, -0.25) is 0 Å². The molecule has 1 N–H and O–H groups in total. The summed E-state index contributed by atoms with van der Waals surface area (Å²) in [6.45, 7) is 3.96. The SMILES string of the molecule is CNc1cccc([C@@H]2CCCN(c3ccnc(C)n3)C2)n1. The fourth-order valence-corrected chi connectivity index (χ4v) is 2.86. The summed E-state index contributed by atoms with van der Waals surface area (Å²) in [7, 11) is 1.91. The molecule has 1 saturated heterocycles. The van der Waals surface area contributed by atoms with Crippen molar-refractivity contribution in [2.75, 3.05) is 30.4 Å². The Morgan fingerprint density at radius 2 is 2.14 bits per heavy atom. The summed E-state index contributed by atoms with van der Waals surface area (Å²) in [5, 5.41) is 3.11. The molecule has 0 saturated carbocycles. The van der Waals surface area contributed by atoms with Gasteiger partial charge in [0.05, 0.1) is 0 Å². The quantitative estimate of drug-likeness (QED) is 0.938. The monoisotopic (exact) mass is 283 g/mol. The Morgan fingerprint density at radius 3 is 2.95 bits per heavy atom. The Kier molecular flexibility index (Phi) is 3.99.